The third-order valence-corrected chi connectivity index (χ3v) is 3.13. The Bertz CT molecular complexity index is 702. The summed E-state index contributed by atoms with van der Waals surface area (Å²) in [6.45, 7) is 0.179. The molecular formula is C10H7N5O3S. The number of carboxylic acids is 1. The van der Waals surface area contributed by atoms with Crippen LogP contribution < -0.4 is 0 Å². The predicted molar refractivity (Wildman–Crippen MR) is 63.7 cm³/mol. The first-order valence-electron chi connectivity index (χ1n) is 5.22. The van der Waals surface area contributed by atoms with Crippen LogP contribution >= 0.6 is 11.3 Å². The van der Waals surface area contributed by atoms with Crippen LogP contribution in [0, 0.1) is 0 Å². The molecule has 3 heterocycles. The molecule has 1 N–H and O–H groups in total. The molecule has 0 radical (unpaired) electrons. The molecule has 0 spiro atoms. The minimum Gasteiger partial charge on any atom is -0.476 e. The number of hydrogen-bond donors (Lipinski definition) is 1. The molecule has 9 heteroatoms. The summed E-state index contributed by atoms with van der Waals surface area (Å²) in [7, 11) is 0. The predicted octanol–water partition coefficient (Wildman–Crippen LogP) is 1.14. The lowest BCUT2D eigenvalue weighted by molar-refractivity contribution is 0.0690. The fourth-order valence-corrected chi connectivity index (χ4v) is 2.09. The van der Waals surface area contributed by atoms with Gasteiger partial charge < -0.3 is 9.63 Å². The van der Waals surface area contributed by atoms with Crippen LogP contribution in [0.3, 0.4) is 0 Å². The number of rotatable bonds is 4. The van der Waals surface area contributed by atoms with Crippen molar-refractivity contribution in [2.24, 2.45) is 0 Å². The van der Waals surface area contributed by atoms with Crippen molar-refractivity contribution in [1.82, 2.24) is 25.1 Å². The molecule has 0 aliphatic heterocycles. The summed E-state index contributed by atoms with van der Waals surface area (Å²) in [4.78, 5) is 15.8. The molecule has 0 aliphatic carbocycles. The second-order valence-electron chi connectivity index (χ2n) is 3.60. The van der Waals surface area contributed by atoms with Gasteiger partial charge in [-0.25, -0.2) is 9.48 Å². The highest BCUT2D eigenvalue weighted by molar-refractivity contribution is 7.13. The molecule has 0 unspecified atom stereocenters. The van der Waals surface area contributed by atoms with Gasteiger partial charge in [-0.2, -0.15) is 4.98 Å². The van der Waals surface area contributed by atoms with Gasteiger partial charge in [0.15, 0.2) is 5.69 Å². The summed E-state index contributed by atoms with van der Waals surface area (Å²) in [5.41, 5.74) is -0.127. The van der Waals surface area contributed by atoms with Crippen LogP contribution in [0.2, 0.25) is 0 Å². The number of carboxylic acid groups (broad SMARTS) is 1. The van der Waals surface area contributed by atoms with E-state index in [1.165, 1.54) is 22.2 Å². The van der Waals surface area contributed by atoms with E-state index < -0.39 is 5.97 Å². The van der Waals surface area contributed by atoms with E-state index in [1.807, 2.05) is 17.5 Å². The van der Waals surface area contributed by atoms with E-state index in [1.54, 1.807) is 0 Å². The smallest absolute Gasteiger partial charge is 0.358 e. The maximum absolute atomic E-state index is 10.7. The Balaban J connectivity index is 1.78. The van der Waals surface area contributed by atoms with Crippen LogP contribution in [-0.2, 0) is 6.54 Å². The normalized spacial score (nSPS) is 10.7. The van der Waals surface area contributed by atoms with E-state index in [-0.39, 0.29) is 12.2 Å². The van der Waals surface area contributed by atoms with Crippen molar-refractivity contribution in [2.45, 2.75) is 6.54 Å². The molecule has 3 aromatic heterocycles. The van der Waals surface area contributed by atoms with Crippen molar-refractivity contribution in [3.63, 3.8) is 0 Å². The summed E-state index contributed by atoms with van der Waals surface area (Å²) in [5, 5.41) is 21.6. The molecule has 0 aliphatic rings. The Morgan fingerprint density at radius 3 is 3.11 bits per heavy atom. The van der Waals surface area contributed by atoms with Gasteiger partial charge in [0, 0.05) is 0 Å². The second kappa shape index (κ2) is 4.61. The van der Waals surface area contributed by atoms with E-state index >= 15 is 0 Å². The topological polar surface area (TPSA) is 107 Å². The Labute approximate surface area is 110 Å². The van der Waals surface area contributed by atoms with Crippen molar-refractivity contribution in [2.75, 3.05) is 0 Å². The quantitative estimate of drug-likeness (QED) is 0.761. The Morgan fingerprint density at radius 1 is 1.53 bits per heavy atom. The van der Waals surface area contributed by atoms with Crippen LogP contribution in [0.4, 0.5) is 0 Å². The lowest BCUT2D eigenvalue weighted by Crippen LogP contribution is -2.00. The maximum Gasteiger partial charge on any atom is 0.358 e. The van der Waals surface area contributed by atoms with Crippen LogP contribution in [-0.4, -0.2) is 36.2 Å². The number of aromatic nitrogens is 5. The maximum atomic E-state index is 10.7. The van der Waals surface area contributed by atoms with Crippen LogP contribution in [0.25, 0.3) is 10.7 Å². The SMILES string of the molecule is O=C(O)c1cn(Cc2nc(-c3cccs3)no2)nn1. The standard InChI is InChI=1S/C10H7N5O3S/c16-10(17)6-4-15(14-12-6)5-8-11-9(13-18-8)7-2-1-3-19-7/h1-4H,5H2,(H,16,17). The third kappa shape index (κ3) is 2.36. The molecule has 0 saturated heterocycles. The summed E-state index contributed by atoms with van der Waals surface area (Å²) in [6.07, 6.45) is 1.30. The highest BCUT2D eigenvalue weighted by Gasteiger charge is 2.12. The van der Waals surface area contributed by atoms with Crippen LogP contribution in [0.1, 0.15) is 16.4 Å². The molecule has 3 aromatic rings. The zero-order chi connectivity index (χ0) is 13.2. The molecular weight excluding hydrogens is 270 g/mol. The molecule has 96 valence electrons. The first kappa shape index (κ1) is 11.5. The van der Waals surface area contributed by atoms with Crippen molar-refractivity contribution < 1.29 is 14.4 Å². The molecule has 0 saturated carbocycles. The first-order valence-corrected chi connectivity index (χ1v) is 6.10. The molecule has 19 heavy (non-hydrogen) atoms. The largest absolute Gasteiger partial charge is 0.476 e. The minimum atomic E-state index is -1.13. The van der Waals surface area contributed by atoms with Gasteiger partial charge in [-0.3, -0.25) is 0 Å². The highest BCUT2D eigenvalue weighted by Crippen LogP contribution is 2.21. The van der Waals surface area contributed by atoms with Gasteiger partial charge in [0.05, 0.1) is 11.1 Å². The zero-order valence-electron chi connectivity index (χ0n) is 9.42. The van der Waals surface area contributed by atoms with Crippen molar-refractivity contribution in [3.05, 3.63) is 35.3 Å². The molecule has 3 rings (SSSR count). The number of nitrogens with zero attached hydrogens (tertiary/aromatic N) is 5. The van der Waals surface area contributed by atoms with E-state index in [9.17, 15) is 4.79 Å². The Hall–Kier alpha value is -2.55. The number of aromatic carboxylic acids is 1. The Morgan fingerprint density at radius 2 is 2.42 bits per heavy atom. The van der Waals surface area contributed by atoms with Crippen molar-refractivity contribution >= 4 is 17.3 Å². The van der Waals surface area contributed by atoms with Crippen LogP contribution in [0.5, 0.6) is 0 Å². The molecule has 8 nitrogen and oxygen atoms in total. The first-order chi connectivity index (χ1) is 9.22. The minimum absolute atomic E-state index is 0.127. The molecule has 0 atom stereocenters. The monoisotopic (exact) mass is 277 g/mol. The highest BCUT2D eigenvalue weighted by atomic mass is 32.1. The van der Waals surface area contributed by atoms with E-state index in [0.717, 1.165) is 4.88 Å². The second-order valence-corrected chi connectivity index (χ2v) is 4.54. The van der Waals surface area contributed by atoms with Gasteiger partial charge in [-0.05, 0) is 11.4 Å². The molecule has 0 aromatic carbocycles. The van der Waals surface area contributed by atoms with Gasteiger partial charge in [0.2, 0.25) is 11.7 Å². The molecule has 0 fully saturated rings. The third-order valence-electron chi connectivity index (χ3n) is 2.26. The molecule has 0 bridgehead atoms. The van der Waals surface area contributed by atoms with Gasteiger partial charge in [-0.1, -0.05) is 16.4 Å². The van der Waals surface area contributed by atoms with Crippen molar-refractivity contribution in [3.8, 4) is 10.7 Å². The number of carbonyl (C=O) groups is 1. The summed E-state index contributed by atoms with van der Waals surface area (Å²) in [6, 6.07) is 3.78. The average Bonchev–Trinajstić information content (AvgIpc) is 3.09. The summed E-state index contributed by atoms with van der Waals surface area (Å²) >= 11 is 1.51. The number of hydrogen-bond acceptors (Lipinski definition) is 7. The van der Waals surface area contributed by atoms with E-state index in [4.69, 9.17) is 9.63 Å². The zero-order valence-corrected chi connectivity index (χ0v) is 10.2. The summed E-state index contributed by atoms with van der Waals surface area (Å²) < 4.78 is 6.40. The van der Waals surface area contributed by atoms with Gasteiger partial charge in [-0.15, -0.1) is 16.4 Å². The van der Waals surface area contributed by atoms with Gasteiger partial charge in [0.1, 0.15) is 6.54 Å². The number of thiophene rings is 1. The lowest BCUT2D eigenvalue weighted by atomic mass is 10.4. The summed E-state index contributed by atoms with van der Waals surface area (Å²) in [5.74, 6) is -0.287. The van der Waals surface area contributed by atoms with Crippen LogP contribution in [0.15, 0.2) is 28.2 Å². The Kier molecular flexibility index (Phi) is 2.80. The van der Waals surface area contributed by atoms with Gasteiger partial charge >= 0.3 is 5.97 Å². The van der Waals surface area contributed by atoms with Gasteiger partial charge in [0.25, 0.3) is 0 Å². The van der Waals surface area contributed by atoms with Crippen molar-refractivity contribution in [1.29, 1.82) is 0 Å². The average molecular weight is 277 g/mol. The fourth-order valence-electron chi connectivity index (χ4n) is 1.44. The van der Waals surface area contributed by atoms with E-state index in [2.05, 4.69) is 20.5 Å². The fraction of sp³-hybridized carbons (Fsp3) is 0.100. The molecule has 0 amide bonds. The lowest BCUT2D eigenvalue weighted by Gasteiger charge is -1.91. The van der Waals surface area contributed by atoms with E-state index in [0.29, 0.717) is 11.7 Å².